The maximum absolute atomic E-state index is 6.19. The molecule has 0 saturated carbocycles. The van der Waals surface area contributed by atoms with Gasteiger partial charge in [0.25, 0.3) is 0 Å². The minimum atomic E-state index is 0.135. The highest BCUT2D eigenvalue weighted by Crippen LogP contribution is 2.38. The number of aliphatic imine (C=N–C) groups is 1. The van der Waals surface area contributed by atoms with Gasteiger partial charge in [0.2, 0.25) is 11.8 Å². The average Bonchev–Trinajstić information content (AvgIpc) is 3.23. The highest BCUT2D eigenvalue weighted by molar-refractivity contribution is 6.42. The molecular weight excluding hydrogens is 375 g/mol. The Morgan fingerprint density at radius 2 is 2.23 bits per heavy atom. The number of H-pyrrole nitrogens is 1. The fraction of sp³-hybridized carbons (Fsp3) is 0.412. The van der Waals surface area contributed by atoms with Crippen LogP contribution in [0.2, 0.25) is 10.0 Å². The van der Waals surface area contributed by atoms with Gasteiger partial charge in [0, 0.05) is 13.1 Å². The topological polar surface area (TPSA) is 91.6 Å². The van der Waals surface area contributed by atoms with E-state index in [1.54, 1.807) is 18.2 Å². The lowest BCUT2D eigenvalue weighted by Crippen LogP contribution is -2.42. The number of nitrogens with one attached hydrogen (secondary N) is 2. The molecule has 1 aromatic heterocycles. The van der Waals surface area contributed by atoms with Gasteiger partial charge in [0.1, 0.15) is 10.8 Å². The first-order chi connectivity index (χ1) is 12.5. The van der Waals surface area contributed by atoms with E-state index in [-0.39, 0.29) is 5.41 Å². The number of hydrogen-bond acceptors (Lipinski definition) is 6. The van der Waals surface area contributed by atoms with Gasteiger partial charge < -0.3 is 20.7 Å². The van der Waals surface area contributed by atoms with Gasteiger partial charge in [-0.15, -0.1) is 5.10 Å². The molecule has 0 aliphatic carbocycles. The molecule has 9 heteroatoms. The molecule has 138 valence electrons. The van der Waals surface area contributed by atoms with Crippen LogP contribution >= 0.6 is 23.2 Å². The summed E-state index contributed by atoms with van der Waals surface area (Å²) in [5.41, 5.74) is 6.88. The molecule has 0 radical (unpaired) electrons. The van der Waals surface area contributed by atoms with Crippen LogP contribution in [0.1, 0.15) is 18.9 Å². The molecule has 7 nitrogen and oxygen atoms in total. The van der Waals surface area contributed by atoms with Crippen molar-refractivity contribution in [2.24, 2.45) is 16.1 Å². The molecule has 4 rings (SSSR count). The van der Waals surface area contributed by atoms with Crippen molar-refractivity contribution in [2.45, 2.75) is 19.9 Å². The van der Waals surface area contributed by atoms with E-state index in [4.69, 9.17) is 33.7 Å². The third kappa shape index (κ3) is 3.11. The molecular formula is C17H20Cl2N6O. The Morgan fingerprint density at radius 3 is 3.00 bits per heavy atom. The average molecular weight is 395 g/mol. The molecule has 0 amide bonds. The fourth-order valence-electron chi connectivity index (χ4n) is 3.21. The van der Waals surface area contributed by atoms with Gasteiger partial charge in [-0.3, -0.25) is 5.10 Å². The Hall–Kier alpha value is -1.96. The van der Waals surface area contributed by atoms with E-state index in [9.17, 15) is 0 Å². The SMILES string of the molecule is CC1(CN)CCN(C2=Nc3[nH]nc(Oc4cccc(Cl)c4Cl)c3CN2)C1. The Labute approximate surface area is 161 Å². The number of fused-ring (bicyclic) bond motifs is 1. The van der Waals surface area contributed by atoms with Crippen molar-refractivity contribution >= 4 is 35.0 Å². The largest absolute Gasteiger partial charge is 0.436 e. The lowest BCUT2D eigenvalue weighted by molar-refractivity contribution is 0.344. The van der Waals surface area contributed by atoms with Crippen LogP contribution in [-0.4, -0.2) is 40.7 Å². The summed E-state index contributed by atoms with van der Waals surface area (Å²) < 4.78 is 5.84. The first-order valence-corrected chi connectivity index (χ1v) is 9.21. The van der Waals surface area contributed by atoms with Gasteiger partial charge in [-0.25, -0.2) is 0 Å². The van der Waals surface area contributed by atoms with Crippen molar-refractivity contribution in [2.75, 3.05) is 19.6 Å². The molecule has 2 aromatic rings. The van der Waals surface area contributed by atoms with Gasteiger partial charge in [-0.1, -0.05) is 36.2 Å². The predicted octanol–water partition coefficient (Wildman–Crippen LogP) is 3.27. The van der Waals surface area contributed by atoms with Crippen LogP contribution in [0.15, 0.2) is 23.2 Å². The Kier molecular flexibility index (Phi) is 4.46. The smallest absolute Gasteiger partial charge is 0.245 e. The van der Waals surface area contributed by atoms with Crippen molar-refractivity contribution in [3.63, 3.8) is 0 Å². The van der Waals surface area contributed by atoms with Crippen LogP contribution in [0.4, 0.5) is 5.82 Å². The molecule has 3 heterocycles. The zero-order valence-corrected chi connectivity index (χ0v) is 15.9. The molecule has 26 heavy (non-hydrogen) atoms. The standard InChI is InChI=1S/C17H20Cl2N6O/c1-17(8-20)5-6-25(9-17)16-21-7-10-14(22-16)23-24-15(10)26-12-4-2-3-11(18)13(12)19/h2-4H,5-9,20H2,1H3,(H2,21,22,23,24). The second kappa shape index (κ2) is 6.64. The normalized spacial score (nSPS) is 22.0. The molecule has 2 aliphatic heterocycles. The number of aromatic amines is 1. The van der Waals surface area contributed by atoms with Crippen LogP contribution in [0.3, 0.4) is 0 Å². The monoisotopic (exact) mass is 394 g/mol. The number of benzene rings is 1. The van der Waals surface area contributed by atoms with Gasteiger partial charge in [-0.05, 0) is 30.5 Å². The van der Waals surface area contributed by atoms with E-state index in [0.717, 1.165) is 31.0 Å². The van der Waals surface area contributed by atoms with Crippen molar-refractivity contribution in [3.8, 4) is 11.6 Å². The first-order valence-electron chi connectivity index (χ1n) is 8.46. The summed E-state index contributed by atoms with van der Waals surface area (Å²) in [5, 5.41) is 11.3. The number of aromatic nitrogens is 2. The predicted molar refractivity (Wildman–Crippen MR) is 102 cm³/mol. The maximum Gasteiger partial charge on any atom is 0.245 e. The van der Waals surface area contributed by atoms with E-state index in [2.05, 4.69) is 32.3 Å². The minimum Gasteiger partial charge on any atom is -0.436 e. The highest BCUT2D eigenvalue weighted by atomic mass is 35.5. The third-order valence-corrected chi connectivity index (χ3v) is 5.72. The Balaban J connectivity index is 1.55. The second-order valence-electron chi connectivity index (χ2n) is 6.99. The maximum atomic E-state index is 6.19. The first kappa shape index (κ1) is 17.5. The number of guanidine groups is 1. The van der Waals surface area contributed by atoms with E-state index < -0.39 is 0 Å². The summed E-state index contributed by atoms with van der Waals surface area (Å²) in [5.74, 6) is 2.42. The summed E-state index contributed by atoms with van der Waals surface area (Å²) in [4.78, 5) is 6.89. The van der Waals surface area contributed by atoms with Crippen LogP contribution < -0.4 is 15.8 Å². The molecule has 1 fully saturated rings. The van der Waals surface area contributed by atoms with E-state index in [1.807, 2.05) is 0 Å². The number of hydrogen-bond donors (Lipinski definition) is 3. The lowest BCUT2D eigenvalue weighted by Gasteiger charge is -2.26. The molecule has 1 unspecified atom stereocenters. The number of likely N-dealkylation sites (tertiary alicyclic amines) is 1. The summed E-state index contributed by atoms with van der Waals surface area (Å²) in [7, 11) is 0. The van der Waals surface area contributed by atoms with Crippen molar-refractivity contribution in [3.05, 3.63) is 33.8 Å². The van der Waals surface area contributed by atoms with Crippen molar-refractivity contribution < 1.29 is 4.74 Å². The number of nitrogens with zero attached hydrogens (tertiary/aromatic N) is 3. The number of nitrogens with two attached hydrogens (primary N) is 1. The van der Waals surface area contributed by atoms with Crippen LogP contribution in [0, 0.1) is 5.41 Å². The van der Waals surface area contributed by atoms with Gasteiger partial charge in [0.15, 0.2) is 5.82 Å². The summed E-state index contributed by atoms with van der Waals surface area (Å²) in [6, 6.07) is 5.23. The van der Waals surface area contributed by atoms with Crippen molar-refractivity contribution in [1.29, 1.82) is 0 Å². The fourth-order valence-corrected chi connectivity index (χ4v) is 3.54. The molecule has 0 spiro atoms. The summed E-state index contributed by atoms with van der Waals surface area (Å²) >= 11 is 12.2. The summed E-state index contributed by atoms with van der Waals surface area (Å²) in [6.07, 6.45) is 1.06. The third-order valence-electron chi connectivity index (χ3n) is 4.92. The Morgan fingerprint density at radius 1 is 1.38 bits per heavy atom. The molecule has 1 saturated heterocycles. The second-order valence-corrected chi connectivity index (χ2v) is 7.77. The van der Waals surface area contributed by atoms with Crippen LogP contribution in [0.5, 0.6) is 11.6 Å². The molecule has 2 aliphatic rings. The minimum absolute atomic E-state index is 0.135. The van der Waals surface area contributed by atoms with E-state index in [1.165, 1.54) is 0 Å². The van der Waals surface area contributed by atoms with E-state index in [0.29, 0.717) is 40.6 Å². The quantitative estimate of drug-likeness (QED) is 0.742. The van der Waals surface area contributed by atoms with Crippen LogP contribution in [0.25, 0.3) is 0 Å². The molecule has 0 bridgehead atoms. The Bertz CT molecular complexity index is 867. The van der Waals surface area contributed by atoms with Gasteiger partial charge in [-0.2, -0.15) is 4.99 Å². The lowest BCUT2D eigenvalue weighted by atomic mass is 9.90. The summed E-state index contributed by atoms with van der Waals surface area (Å²) in [6.45, 7) is 5.27. The van der Waals surface area contributed by atoms with E-state index >= 15 is 0 Å². The number of rotatable bonds is 3. The van der Waals surface area contributed by atoms with Crippen molar-refractivity contribution in [1.82, 2.24) is 20.4 Å². The number of halogens is 2. The van der Waals surface area contributed by atoms with Gasteiger partial charge >= 0.3 is 0 Å². The zero-order chi connectivity index (χ0) is 18.3. The number of ether oxygens (including phenoxy) is 1. The molecule has 1 atom stereocenters. The van der Waals surface area contributed by atoms with Gasteiger partial charge in [0.05, 0.1) is 17.1 Å². The van der Waals surface area contributed by atoms with Crippen LogP contribution in [-0.2, 0) is 6.54 Å². The molecule has 1 aromatic carbocycles. The molecule has 4 N–H and O–H groups in total. The zero-order valence-electron chi connectivity index (χ0n) is 14.4. The highest BCUT2D eigenvalue weighted by Gasteiger charge is 2.35.